The summed E-state index contributed by atoms with van der Waals surface area (Å²) < 4.78 is 0.867. The Kier molecular flexibility index (Phi) is 8.45. The molecule has 7 heteroatoms. The van der Waals surface area contributed by atoms with Crippen molar-refractivity contribution in [2.75, 3.05) is 26.2 Å². The largest absolute Gasteiger partial charge is 0.341 e. The van der Waals surface area contributed by atoms with E-state index in [-0.39, 0.29) is 23.6 Å². The first kappa shape index (κ1) is 24.0. The highest BCUT2D eigenvalue weighted by Gasteiger charge is 2.35. The van der Waals surface area contributed by atoms with Gasteiger partial charge in [0.05, 0.1) is 0 Å². The molecule has 1 heterocycles. The van der Waals surface area contributed by atoms with Crippen LogP contribution in [0.4, 0.5) is 0 Å². The van der Waals surface area contributed by atoms with Crippen LogP contribution in [0.2, 0.25) is 0 Å². The molecule has 0 bridgehead atoms. The van der Waals surface area contributed by atoms with Gasteiger partial charge in [0.15, 0.2) is 0 Å². The maximum Gasteiger partial charge on any atom is 0.253 e. The molecule has 32 heavy (non-hydrogen) atoms. The molecule has 6 nitrogen and oxygen atoms in total. The van der Waals surface area contributed by atoms with Gasteiger partial charge in [0.25, 0.3) is 11.8 Å². The first-order chi connectivity index (χ1) is 15.4. The lowest BCUT2D eigenvalue weighted by molar-refractivity contribution is -0.134. The van der Waals surface area contributed by atoms with Gasteiger partial charge < -0.3 is 15.1 Å². The van der Waals surface area contributed by atoms with Crippen molar-refractivity contribution in [1.29, 1.82) is 0 Å². The van der Waals surface area contributed by atoms with Gasteiger partial charge in [0.2, 0.25) is 5.91 Å². The van der Waals surface area contributed by atoms with E-state index in [9.17, 15) is 14.4 Å². The maximum absolute atomic E-state index is 13.3. The number of piperidine rings is 1. The van der Waals surface area contributed by atoms with Crippen LogP contribution in [-0.2, 0) is 4.79 Å². The summed E-state index contributed by atoms with van der Waals surface area (Å²) in [5.74, 6) is -0.341. The van der Waals surface area contributed by atoms with Gasteiger partial charge in [-0.05, 0) is 62.9 Å². The number of likely N-dealkylation sites (tertiary alicyclic amines) is 1. The summed E-state index contributed by atoms with van der Waals surface area (Å²) in [7, 11) is 0. The van der Waals surface area contributed by atoms with Crippen molar-refractivity contribution in [3.63, 3.8) is 0 Å². The number of hydrogen-bond donors (Lipinski definition) is 1. The number of likely N-dealkylation sites (N-methyl/N-ethyl adjacent to an activating group) is 1. The molecule has 0 saturated carbocycles. The van der Waals surface area contributed by atoms with Crippen molar-refractivity contribution >= 4 is 33.7 Å². The van der Waals surface area contributed by atoms with Crippen LogP contribution < -0.4 is 5.32 Å². The third-order valence-electron chi connectivity index (χ3n) is 6.03. The number of carbonyl (C=O) groups excluding carboxylic acids is 3. The molecule has 2 aromatic carbocycles. The second-order valence-electron chi connectivity index (χ2n) is 7.97. The van der Waals surface area contributed by atoms with Crippen molar-refractivity contribution in [3.05, 3.63) is 70.2 Å². The fourth-order valence-corrected chi connectivity index (χ4v) is 4.57. The van der Waals surface area contributed by atoms with Crippen LogP contribution >= 0.6 is 15.9 Å². The predicted molar refractivity (Wildman–Crippen MR) is 128 cm³/mol. The van der Waals surface area contributed by atoms with Crippen LogP contribution in [0.15, 0.2) is 59.1 Å². The van der Waals surface area contributed by atoms with Crippen LogP contribution in [0.1, 0.15) is 47.4 Å². The molecular formula is C25H30BrN3O3. The van der Waals surface area contributed by atoms with Crippen LogP contribution in [-0.4, -0.2) is 59.7 Å². The van der Waals surface area contributed by atoms with Gasteiger partial charge in [-0.2, -0.15) is 0 Å². The molecule has 0 aromatic heterocycles. The highest BCUT2D eigenvalue weighted by atomic mass is 79.9. The third kappa shape index (κ3) is 5.76. The molecule has 3 amide bonds. The molecule has 0 spiro atoms. The maximum atomic E-state index is 13.3. The normalized spacial score (nSPS) is 15.2. The SMILES string of the molecule is CCN(CC)C(=O)[C@@H](NC(=O)c1ccccc1)C1CCN(C(=O)c2cccc(Br)c2)CC1. The summed E-state index contributed by atoms with van der Waals surface area (Å²) in [6.07, 6.45) is 1.32. The molecule has 1 N–H and O–H groups in total. The topological polar surface area (TPSA) is 69.7 Å². The van der Waals surface area contributed by atoms with Crippen LogP contribution in [0.3, 0.4) is 0 Å². The Morgan fingerprint density at radius 3 is 2.22 bits per heavy atom. The Balaban J connectivity index is 1.72. The van der Waals surface area contributed by atoms with Crippen LogP contribution in [0, 0.1) is 5.92 Å². The number of benzene rings is 2. The number of nitrogens with zero attached hydrogens (tertiary/aromatic N) is 2. The second kappa shape index (κ2) is 11.3. The number of rotatable bonds is 7. The van der Waals surface area contributed by atoms with E-state index in [2.05, 4.69) is 21.2 Å². The molecule has 3 rings (SSSR count). The van der Waals surface area contributed by atoms with Crippen molar-refractivity contribution < 1.29 is 14.4 Å². The first-order valence-electron chi connectivity index (χ1n) is 11.1. The van der Waals surface area contributed by atoms with Crippen molar-refractivity contribution in [2.45, 2.75) is 32.7 Å². The summed E-state index contributed by atoms with van der Waals surface area (Å²) in [6, 6.07) is 15.7. The molecule has 0 radical (unpaired) electrons. The number of halogens is 1. The quantitative estimate of drug-likeness (QED) is 0.626. The molecule has 1 fully saturated rings. The van der Waals surface area contributed by atoms with Crippen LogP contribution in [0.5, 0.6) is 0 Å². The van der Waals surface area contributed by atoms with E-state index in [1.165, 1.54) is 0 Å². The minimum absolute atomic E-state index is 0.00955. The Labute approximate surface area is 198 Å². The van der Waals surface area contributed by atoms with Crippen molar-refractivity contribution in [3.8, 4) is 0 Å². The minimum Gasteiger partial charge on any atom is -0.341 e. The number of hydrogen-bond acceptors (Lipinski definition) is 3. The van der Waals surface area contributed by atoms with Gasteiger partial charge in [0, 0.05) is 41.8 Å². The molecule has 1 atom stereocenters. The molecule has 0 unspecified atom stereocenters. The Bertz CT molecular complexity index is 938. The zero-order valence-corrected chi connectivity index (χ0v) is 20.2. The monoisotopic (exact) mass is 499 g/mol. The molecule has 1 aliphatic rings. The molecule has 2 aromatic rings. The number of nitrogens with one attached hydrogen (secondary N) is 1. The minimum atomic E-state index is -0.606. The summed E-state index contributed by atoms with van der Waals surface area (Å²) in [6.45, 7) is 6.17. The predicted octanol–water partition coefficient (Wildman–Crippen LogP) is 3.97. The first-order valence-corrected chi connectivity index (χ1v) is 11.9. The molecular weight excluding hydrogens is 470 g/mol. The summed E-state index contributed by atoms with van der Waals surface area (Å²) in [5, 5.41) is 3.00. The Hall–Kier alpha value is -2.67. The Morgan fingerprint density at radius 1 is 1.00 bits per heavy atom. The van der Waals surface area contributed by atoms with Gasteiger partial charge in [-0.1, -0.05) is 40.2 Å². The molecule has 170 valence electrons. The second-order valence-corrected chi connectivity index (χ2v) is 8.88. The average Bonchev–Trinajstić information content (AvgIpc) is 2.83. The molecule has 0 aliphatic carbocycles. The van der Waals surface area contributed by atoms with Gasteiger partial charge in [-0.15, -0.1) is 0 Å². The lowest BCUT2D eigenvalue weighted by Crippen LogP contribution is -2.54. The lowest BCUT2D eigenvalue weighted by atomic mass is 9.87. The summed E-state index contributed by atoms with van der Waals surface area (Å²) >= 11 is 3.42. The van der Waals surface area contributed by atoms with Gasteiger partial charge in [-0.25, -0.2) is 0 Å². The number of carbonyl (C=O) groups is 3. The fourth-order valence-electron chi connectivity index (χ4n) is 4.17. The average molecular weight is 500 g/mol. The van der Waals surface area contributed by atoms with E-state index in [0.29, 0.717) is 50.1 Å². The standard InChI is InChI=1S/C25H30BrN3O3/c1-3-28(4-2)25(32)22(27-23(30)19-9-6-5-7-10-19)18-13-15-29(16-14-18)24(31)20-11-8-12-21(26)17-20/h5-12,17-18,22H,3-4,13-16H2,1-2H3,(H,27,30)/t22-/m0/s1. The summed E-state index contributed by atoms with van der Waals surface area (Å²) in [4.78, 5) is 42.6. The smallest absolute Gasteiger partial charge is 0.253 e. The zero-order chi connectivity index (χ0) is 23.1. The molecule has 1 aliphatic heterocycles. The summed E-state index contributed by atoms with van der Waals surface area (Å²) in [5.41, 5.74) is 1.18. The lowest BCUT2D eigenvalue weighted by Gasteiger charge is -2.37. The van der Waals surface area contributed by atoms with E-state index in [1.54, 1.807) is 17.0 Å². The van der Waals surface area contributed by atoms with E-state index in [1.807, 2.05) is 61.2 Å². The van der Waals surface area contributed by atoms with E-state index < -0.39 is 6.04 Å². The Morgan fingerprint density at radius 2 is 1.62 bits per heavy atom. The van der Waals surface area contributed by atoms with E-state index in [4.69, 9.17) is 0 Å². The van der Waals surface area contributed by atoms with E-state index in [0.717, 1.165) is 4.47 Å². The van der Waals surface area contributed by atoms with Gasteiger partial charge in [0.1, 0.15) is 6.04 Å². The highest BCUT2D eigenvalue weighted by molar-refractivity contribution is 9.10. The highest BCUT2D eigenvalue weighted by Crippen LogP contribution is 2.24. The van der Waals surface area contributed by atoms with Crippen LogP contribution in [0.25, 0.3) is 0 Å². The van der Waals surface area contributed by atoms with E-state index >= 15 is 0 Å². The zero-order valence-electron chi connectivity index (χ0n) is 18.6. The molecule has 1 saturated heterocycles. The number of amides is 3. The van der Waals surface area contributed by atoms with Gasteiger partial charge in [-0.3, -0.25) is 14.4 Å². The third-order valence-corrected chi connectivity index (χ3v) is 6.53. The van der Waals surface area contributed by atoms with Crippen molar-refractivity contribution in [2.24, 2.45) is 5.92 Å². The fraction of sp³-hybridized carbons (Fsp3) is 0.400. The van der Waals surface area contributed by atoms with Crippen molar-refractivity contribution in [1.82, 2.24) is 15.1 Å². The van der Waals surface area contributed by atoms with Gasteiger partial charge >= 0.3 is 0 Å².